The van der Waals surface area contributed by atoms with Gasteiger partial charge in [0.1, 0.15) is 0 Å². The van der Waals surface area contributed by atoms with Crippen LogP contribution >= 0.6 is 0 Å². The molecule has 3 rings (SSSR count). The maximum atomic E-state index is 12.3. The Balaban J connectivity index is 1.31. The normalized spacial score (nSPS) is 38.5. The van der Waals surface area contributed by atoms with Gasteiger partial charge in [-0.05, 0) is 62.2 Å². The Bertz CT molecular complexity index is 451. The minimum atomic E-state index is -1.73. The lowest BCUT2D eigenvalue weighted by Crippen LogP contribution is -2.36. The Hall–Kier alpha value is -0.740. The molecule has 0 N–H and O–H groups in total. The zero-order chi connectivity index (χ0) is 18.4. The van der Waals surface area contributed by atoms with E-state index < -0.39 is 12.4 Å². The van der Waals surface area contributed by atoms with E-state index in [1.165, 1.54) is 64.2 Å². The summed E-state index contributed by atoms with van der Waals surface area (Å²) in [5, 5.41) is 0. The van der Waals surface area contributed by atoms with Gasteiger partial charge in [-0.2, -0.15) is 8.78 Å². The quantitative estimate of drug-likeness (QED) is 0.510. The summed E-state index contributed by atoms with van der Waals surface area (Å²) in [6, 6.07) is 0. The SMILES string of the molecule is C=CC1CCC(CCC2CCC(C3COC(C=C(F)F)OC3)CC2)CC1. The second kappa shape index (κ2) is 9.98. The van der Waals surface area contributed by atoms with Crippen molar-refractivity contribution in [3.05, 3.63) is 24.8 Å². The van der Waals surface area contributed by atoms with Crippen molar-refractivity contribution in [1.82, 2.24) is 0 Å². The lowest BCUT2D eigenvalue weighted by atomic mass is 9.73. The van der Waals surface area contributed by atoms with Gasteiger partial charge in [0, 0.05) is 12.0 Å². The Morgan fingerprint density at radius 2 is 1.35 bits per heavy atom. The van der Waals surface area contributed by atoms with Crippen molar-refractivity contribution in [1.29, 1.82) is 0 Å². The molecule has 0 radical (unpaired) electrons. The van der Waals surface area contributed by atoms with Crippen LogP contribution in [0.5, 0.6) is 0 Å². The van der Waals surface area contributed by atoms with Gasteiger partial charge in [-0.25, -0.2) is 0 Å². The van der Waals surface area contributed by atoms with Crippen LogP contribution in [0.1, 0.15) is 64.2 Å². The number of hydrogen-bond donors (Lipinski definition) is 0. The van der Waals surface area contributed by atoms with E-state index >= 15 is 0 Å². The van der Waals surface area contributed by atoms with Crippen molar-refractivity contribution >= 4 is 0 Å². The summed E-state index contributed by atoms with van der Waals surface area (Å²) in [4.78, 5) is 0. The van der Waals surface area contributed by atoms with Crippen LogP contribution in [0, 0.1) is 29.6 Å². The van der Waals surface area contributed by atoms with E-state index in [1.54, 1.807) is 0 Å². The van der Waals surface area contributed by atoms with Gasteiger partial charge >= 0.3 is 0 Å². The molecular formula is C22H34F2O2. The molecule has 0 amide bonds. The molecule has 0 bridgehead atoms. The van der Waals surface area contributed by atoms with Crippen LogP contribution < -0.4 is 0 Å². The highest BCUT2D eigenvalue weighted by atomic mass is 19.3. The van der Waals surface area contributed by atoms with Crippen LogP contribution in [0.4, 0.5) is 8.78 Å². The molecule has 1 heterocycles. The van der Waals surface area contributed by atoms with Gasteiger partial charge in [0.2, 0.25) is 0 Å². The predicted octanol–water partition coefficient (Wildman–Crippen LogP) is 6.33. The van der Waals surface area contributed by atoms with Crippen molar-refractivity contribution in [3.63, 3.8) is 0 Å². The van der Waals surface area contributed by atoms with Gasteiger partial charge in [-0.1, -0.05) is 31.8 Å². The molecule has 4 heteroatoms. The van der Waals surface area contributed by atoms with E-state index in [9.17, 15) is 8.78 Å². The Morgan fingerprint density at radius 3 is 1.85 bits per heavy atom. The first kappa shape index (κ1) is 20.0. The first-order valence-electron chi connectivity index (χ1n) is 10.5. The zero-order valence-electron chi connectivity index (χ0n) is 15.9. The van der Waals surface area contributed by atoms with E-state index in [0.717, 1.165) is 23.8 Å². The maximum Gasteiger partial charge on any atom is 0.271 e. The van der Waals surface area contributed by atoms with Crippen LogP contribution in [0.25, 0.3) is 0 Å². The molecule has 0 atom stereocenters. The molecule has 2 saturated carbocycles. The van der Waals surface area contributed by atoms with Crippen molar-refractivity contribution in [3.8, 4) is 0 Å². The van der Waals surface area contributed by atoms with Crippen molar-refractivity contribution in [2.45, 2.75) is 70.5 Å². The maximum absolute atomic E-state index is 12.3. The summed E-state index contributed by atoms with van der Waals surface area (Å²) in [6.07, 6.45) is 13.7. The molecule has 2 aliphatic carbocycles. The van der Waals surface area contributed by atoms with Gasteiger partial charge in [-0.3, -0.25) is 0 Å². The molecule has 0 spiro atoms. The highest BCUT2D eigenvalue weighted by molar-refractivity contribution is 4.88. The number of rotatable bonds is 6. The van der Waals surface area contributed by atoms with Crippen LogP contribution in [-0.2, 0) is 9.47 Å². The highest BCUT2D eigenvalue weighted by Crippen LogP contribution is 2.39. The minimum absolute atomic E-state index is 0.373. The third-order valence-electron chi connectivity index (χ3n) is 6.98. The lowest BCUT2D eigenvalue weighted by molar-refractivity contribution is -0.186. The minimum Gasteiger partial charge on any atom is -0.348 e. The zero-order valence-corrected chi connectivity index (χ0v) is 15.9. The third-order valence-corrected chi connectivity index (χ3v) is 6.98. The average Bonchev–Trinajstić information content (AvgIpc) is 2.67. The van der Waals surface area contributed by atoms with Gasteiger partial charge < -0.3 is 9.47 Å². The molecule has 1 saturated heterocycles. The van der Waals surface area contributed by atoms with Crippen molar-refractivity contribution in [2.75, 3.05) is 13.2 Å². The van der Waals surface area contributed by atoms with E-state index in [4.69, 9.17) is 9.47 Å². The largest absolute Gasteiger partial charge is 0.348 e. The molecule has 0 aromatic heterocycles. The van der Waals surface area contributed by atoms with Crippen LogP contribution in [0.15, 0.2) is 24.8 Å². The molecule has 3 fully saturated rings. The van der Waals surface area contributed by atoms with E-state index in [-0.39, 0.29) is 0 Å². The van der Waals surface area contributed by atoms with E-state index in [1.807, 2.05) is 0 Å². The fourth-order valence-corrected chi connectivity index (χ4v) is 5.14. The molecule has 0 aromatic rings. The molecule has 1 aliphatic heterocycles. The van der Waals surface area contributed by atoms with Gasteiger partial charge in [0.15, 0.2) is 6.29 Å². The van der Waals surface area contributed by atoms with Crippen LogP contribution in [0.2, 0.25) is 0 Å². The van der Waals surface area contributed by atoms with Gasteiger partial charge in [0.25, 0.3) is 6.08 Å². The van der Waals surface area contributed by atoms with Crippen molar-refractivity contribution in [2.24, 2.45) is 29.6 Å². The topological polar surface area (TPSA) is 18.5 Å². The fraction of sp³-hybridized carbons (Fsp3) is 0.818. The fourth-order valence-electron chi connectivity index (χ4n) is 5.14. The second-order valence-corrected chi connectivity index (χ2v) is 8.63. The molecule has 148 valence electrons. The van der Waals surface area contributed by atoms with Crippen LogP contribution in [-0.4, -0.2) is 19.5 Å². The van der Waals surface area contributed by atoms with E-state index in [0.29, 0.717) is 25.0 Å². The first-order chi connectivity index (χ1) is 12.6. The highest BCUT2D eigenvalue weighted by Gasteiger charge is 2.32. The lowest BCUT2D eigenvalue weighted by Gasteiger charge is -2.37. The number of allylic oxidation sites excluding steroid dienone is 1. The molecule has 26 heavy (non-hydrogen) atoms. The Kier molecular flexibility index (Phi) is 7.68. The summed E-state index contributed by atoms with van der Waals surface area (Å²) in [6.45, 7) is 5.04. The van der Waals surface area contributed by atoms with Gasteiger partial charge in [-0.15, -0.1) is 6.58 Å². The third kappa shape index (κ3) is 5.88. The molecule has 3 aliphatic rings. The summed E-state index contributed by atoms with van der Waals surface area (Å²) in [5.41, 5.74) is 0. The molecule has 2 nitrogen and oxygen atoms in total. The average molecular weight is 369 g/mol. The number of ether oxygens (including phenoxy) is 2. The van der Waals surface area contributed by atoms with Crippen LogP contribution in [0.3, 0.4) is 0 Å². The van der Waals surface area contributed by atoms with E-state index in [2.05, 4.69) is 12.7 Å². The van der Waals surface area contributed by atoms with Crippen molar-refractivity contribution < 1.29 is 18.3 Å². The number of halogens is 2. The smallest absolute Gasteiger partial charge is 0.271 e. The second-order valence-electron chi connectivity index (χ2n) is 8.63. The summed E-state index contributed by atoms with van der Waals surface area (Å²) in [5.74, 6) is 3.58. The standard InChI is InChI=1S/C22H34F2O2/c1-2-16-3-5-17(6-4-16)7-8-18-9-11-19(12-10-18)20-14-25-22(26-15-20)13-21(23)24/h2,13,16-20,22H,1,3-12,14-15H2. The summed E-state index contributed by atoms with van der Waals surface area (Å²) < 4.78 is 35.4. The number of hydrogen-bond acceptors (Lipinski definition) is 2. The Morgan fingerprint density at radius 1 is 0.808 bits per heavy atom. The molecule has 0 unspecified atom stereocenters. The Labute approximate surface area is 157 Å². The molecule has 0 aromatic carbocycles. The monoisotopic (exact) mass is 368 g/mol. The summed E-state index contributed by atoms with van der Waals surface area (Å²) >= 11 is 0. The molecular weight excluding hydrogens is 334 g/mol. The van der Waals surface area contributed by atoms with Gasteiger partial charge in [0.05, 0.1) is 13.2 Å². The summed E-state index contributed by atoms with van der Waals surface area (Å²) in [7, 11) is 0. The predicted molar refractivity (Wildman–Crippen MR) is 99.8 cm³/mol. The first-order valence-corrected chi connectivity index (χ1v) is 10.5.